The predicted octanol–water partition coefficient (Wildman–Crippen LogP) is 15.8. The first kappa shape index (κ1) is 38.8. The molecule has 0 spiro atoms. The minimum Gasteiger partial charge on any atom is -0.309 e. The summed E-state index contributed by atoms with van der Waals surface area (Å²) in [6.07, 6.45) is 1.89. The Hall–Kier alpha value is -9.39. The number of nitrogens with zero attached hydrogens (tertiary/aromatic N) is 6. The van der Waals surface area contributed by atoms with Crippen molar-refractivity contribution in [2.24, 2.45) is 0 Å². The van der Waals surface area contributed by atoms with Crippen LogP contribution < -0.4 is 0 Å². The molecule has 0 fully saturated rings. The van der Waals surface area contributed by atoms with Gasteiger partial charge in [-0.2, -0.15) is 0 Å². The smallest absolute Gasteiger partial charge is 0.162 e. The first-order valence-electron chi connectivity index (χ1n) is 23.3. The van der Waals surface area contributed by atoms with E-state index in [0.717, 1.165) is 100 Å². The lowest BCUT2D eigenvalue weighted by Crippen LogP contribution is -2.02. The van der Waals surface area contributed by atoms with E-state index in [0.29, 0.717) is 5.82 Å². The average Bonchev–Trinajstić information content (AvgIpc) is 4.06. The number of fused-ring (bicyclic) bond motifs is 9. The number of benzene rings is 9. The topological polar surface area (TPSA) is 53.5 Å². The summed E-state index contributed by atoms with van der Waals surface area (Å²) < 4.78 is 7.02. The van der Waals surface area contributed by atoms with Gasteiger partial charge in [-0.3, -0.25) is 9.55 Å². The number of hydrogen-bond acceptors (Lipinski definition) is 3. The van der Waals surface area contributed by atoms with Crippen LogP contribution in [0.4, 0.5) is 0 Å². The van der Waals surface area contributed by atoms with Crippen LogP contribution in [0.15, 0.2) is 243 Å². The van der Waals surface area contributed by atoms with E-state index in [1.165, 1.54) is 21.5 Å². The van der Waals surface area contributed by atoms with Crippen LogP contribution >= 0.6 is 0 Å². The standard InChI is InChI=1S/C63H40N6/c1-4-16-41(17-5-1)54-40-61(66-63(65-54)42-18-6-2-7-19-42)69-56-27-13-10-24-49(56)51-32-29-46(38-60(51)69)44-21-14-20-43(36-44)45-30-33-57-52(37-45)50-25-11-12-26-55(50)68(57)48-31-34-58-53(39-48)62-59(28-15-35-64-62)67(58)47-22-8-3-9-23-47/h1-40H. The zero-order valence-corrected chi connectivity index (χ0v) is 37.3. The van der Waals surface area contributed by atoms with Gasteiger partial charge in [-0.1, -0.05) is 152 Å². The fourth-order valence-electron chi connectivity index (χ4n) is 10.5. The summed E-state index contributed by atoms with van der Waals surface area (Å²) in [6, 6.07) is 84.3. The monoisotopic (exact) mass is 880 g/mol. The zero-order chi connectivity index (χ0) is 45.4. The van der Waals surface area contributed by atoms with Gasteiger partial charge in [-0.25, -0.2) is 9.97 Å². The van der Waals surface area contributed by atoms with Crippen LogP contribution in [0.5, 0.6) is 0 Å². The SMILES string of the molecule is c1ccc(-c2cc(-n3c4ccccc4c4ccc(-c5cccc(-c6ccc7c(c6)c6ccccc6n7-c6ccc7c(c6)c6ncccc6n7-c6ccccc6)c5)cc43)nc(-c3ccccc3)n2)cc1. The summed E-state index contributed by atoms with van der Waals surface area (Å²) in [4.78, 5) is 15.3. The molecule has 0 amide bonds. The molecule has 0 atom stereocenters. The Balaban J connectivity index is 0.889. The lowest BCUT2D eigenvalue weighted by Gasteiger charge is -2.13. The molecule has 0 bridgehead atoms. The number of hydrogen-bond donors (Lipinski definition) is 0. The highest BCUT2D eigenvalue weighted by atomic mass is 15.1. The minimum atomic E-state index is 0.687. The molecule has 0 radical (unpaired) electrons. The lowest BCUT2D eigenvalue weighted by atomic mass is 9.97. The summed E-state index contributed by atoms with van der Waals surface area (Å²) in [5.74, 6) is 1.51. The third-order valence-electron chi connectivity index (χ3n) is 13.7. The molecule has 14 aromatic rings. The maximum absolute atomic E-state index is 5.28. The Labute approximate surface area is 397 Å². The molecule has 5 heterocycles. The van der Waals surface area contributed by atoms with Crippen LogP contribution in [0.25, 0.3) is 128 Å². The summed E-state index contributed by atoms with van der Waals surface area (Å²) >= 11 is 0. The second-order valence-electron chi connectivity index (χ2n) is 17.7. The molecule has 0 aliphatic rings. The average molecular weight is 881 g/mol. The first-order valence-corrected chi connectivity index (χ1v) is 23.3. The summed E-state index contributed by atoms with van der Waals surface area (Å²) in [5, 5.41) is 5.89. The Bertz CT molecular complexity index is 4240. The number of pyridine rings is 1. The van der Waals surface area contributed by atoms with Crippen molar-refractivity contribution >= 4 is 65.5 Å². The van der Waals surface area contributed by atoms with Crippen LogP contribution in [0, 0.1) is 0 Å². The van der Waals surface area contributed by atoms with Gasteiger partial charge in [-0.15, -0.1) is 0 Å². The minimum absolute atomic E-state index is 0.687. The van der Waals surface area contributed by atoms with Gasteiger partial charge in [-0.05, 0) is 101 Å². The lowest BCUT2D eigenvalue weighted by molar-refractivity contribution is 1.05. The molecule has 0 aliphatic carbocycles. The van der Waals surface area contributed by atoms with Crippen LogP contribution in [0.3, 0.4) is 0 Å². The largest absolute Gasteiger partial charge is 0.309 e. The van der Waals surface area contributed by atoms with Gasteiger partial charge in [0.15, 0.2) is 5.82 Å². The first-order chi connectivity index (χ1) is 34.2. The molecule has 9 aromatic carbocycles. The van der Waals surface area contributed by atoms with Gasteiger partial charge in [0.05, 0.1) is 44.3 Å². The fraction of sp³-hybridized carbons (Fsp3) is 0. The van der Waals surface area contributed by atoms with Crippen LogP contribution in [0.2, 0.25) is 0 Å². The van der Waals surface area contributed by atoms with Gasteiger partial charge in [0.25, 0.3) is 0 Å². The molecule has 0 N–H and O–H groups in total. The molecule has 0 unspecified atom stereocenters. The van der Waals surface area contributed by atoms with Crippen LogP contribution in [0.1, 0.15) is 0 Å². The quantitative estimate of drug-likeness (QED) is 0.160. The van der Waals surface area contributed by atoms with E-state index < -0.39 is 0 Å². The molecular weight excluding hydrogens is 841 g/mol. The van der Waals surface area contributed by atoms with Gasteiger partial charge in [0, 0.05) is 61.7 Å². The van der Waals surface area contributed by atoms with Crippen molar-refractivity contribution in [1.82, 2.24) is 28.7 Å². The molecular formula is C63H40N6. The third kappa shape index (κ3) is 6.30. The normalized spacial score (nSPS) is 11.8. The third-order valence-corrected chi connectivity index (χ3v) is 13.7. The van der Waals surface area contributed by atoms with Crippen molar-refractivity contribution in [3.05, 3.63) is 243 Å². The molecule has 0 aliphatic heterocycles. The molecule has 0 saturated carbocycles. The molecule has 0 saturated heterocycles. The van der Waals surface area contributed by atoms with Crippen molar-refractivity contribution < 1.29 is 0 Å². The molecule has 69 heavy (non-hydrogen) atoms. The van der Waals surface area contributed by atoms with E-state index in [-0.39, 0.29) is 0 Å². The number of aromatic nitrogens is 6. The Morgan fingerprint density at radius 3 is 1.61 bits per heavy atom. The van der Waals surface area contributed by atoms with Crippen molar-refractivity contribution in [3.8, 4) is 62.1 Å². The summed E-state index contributed by atoms with van der Waals surface area (Å²) in [7, 11) is 0. The van der Waals surface area contributed by atoms with E-state index in [2.05, 4.69) is 220 Å². The van der Waals surface area contributed by atoms with Crippen LogP contribution in [-0.2, 0) is 0 Å². The van der Waals surface area contributed by atoms with Crippen molar-refractivity contribution in [3.63, 3.8) is 0 Å². The van der Waals surface area contributed by atoms with E-state index in [1.54, 1.807) is 0 Å². The zero-order valence-electron chi connectivity index (χ0n) is 37.3. The molecule has 322 valence electrons. The van der Waals surface area contributed by atoms with Crippen molar-refractivity contribution in [2.45, 2.75) is 0 Å². The molecule has 5 aromatic heterocycles. The van der Waals surface area contributed by atoms with E-state index in [1.807, 2.05) is 36.5 Å². The molecule has 6 heteroatoms. The van der Waals surface area contributed by atoms with Gasteiger partial charge >= 0.3 is 0 Å². The van der Waals surface area contributed by atoms with Crippen LogP contribution in [-0.4, -0.2) is 28.7 Å². The molecule has 6 nitrogen and oxygen atoms in total. The fourth-order valence-corrected chi connectivity index (χ4v) is 10.5. The van der Waals surface area contributed by atoms with E-state index >= 15 is 0 Å². The highest BCUT2D eigenvalue weighted by Gasteiger charge is 2.20. The van der Waals surface area contributed by atoms with Crippen molar-refractivity contribution in [1.29, 1.82) is 0 Å². The van der Waals surface area contributed by atoms with Crippen molar-refractivity contribution in [2.75, 3.05) is 0 Å². The Morgan fingerprint density at radius 2 is 0.826 bits per heavy atom. The highest BCUT2D eigenvalue weighted by molar-refractivity contribution is 6.13. The second-order valence-corrected chi connectivity index (χ2v) is 17.7. The predicted molar refractivity (Wildman–Crippen MR) is 285 cm³/mol. The summed E-state index contributed by atoms with van der Waals surface area (Å²) in [5.41, 5.74) is 17.4. The number of rotatable bonds is 7. The number of para-hydroxylation sites is 3. The van der Waals surface area contributed by atoms with Gasteiger partial charge in [0.2, 0.25) is 0 Å². The van der Waals surface area contributed by atoms with E-state index in [9.17, 15) is 0 Å². The Morgan fingerprint density at radius 1 is 0.275 bits per heavy atom. The summed E-state index contributed by atoms with van der Waals surface area (Å²) in [6.45, 7) is 0. The Kier molecular flexibility index (Phi) is 8.79. The van der Waals surface area contributed by atoms with Gasteiger partial charge < -0.3 is 9.13 Å². The maximum atomic E-state index is 5.28. The second kappa shape index (κ2) is 15.6. The highest BCUT2D eigenvalue weighted by Crippen LogP contribution is 2.40. The maximum Gasteiger partial charge on any atom is 0.162 e. The van der Waals surface area contributed by atoms with Gasteiger partial charge in [0.1, 0.15) is 5.82 Å². The van der Waals surface area contributed by atoms with E-state index in [4.69, 9.17) is 15.0 Å². The molecule has 14 rings (SSSR count).